The van der Waals surface area contributed by atoms with Crippen molar-refractivity contribution in [1.29, 1.82) is 0 Å². The number of aliphatic hydroxyl groups is 1. The summed E-state index contributed by atoms with van der Waals surface area (Å²) in [6.07, 6.45) is 4.67. The lowest BCUT2D eigenvalue weighted by atomic mass is 10.2. The Bertz CT molecular complexity index is 374. The normalized spacial score (nSPS) is 10.3. The van der Waals surface area contributed by atoms with E-state index in [4.69, 9.17) is 16.7 Å². The van der Waals surface area contributed by atoms with Gasteiger partial charge in [-0.1, -0.05) is 11.6 Å². The first-order valence-corrected chi connectivity index (χ1v) is 5.86. The molecule has 0 saturated heterocycles. The number of carbonyl (C=O) groups excluding carboxylic acids is 1. The van der Waals surface area contributed by atoms with E-state index in [0.717, 1.165) is 25.8 Å². The van der Waals surface area contributed by atoms with Crippen molar-refractivity contribution < 1.29 is 9.90 Å². The predicted octanol–water partition coefficient (Wildman–Crippen LogP) is 1.54. The van der Waals surface area contributed by atoms with Crippen molar-refractivity contribution in [3.05, 3.63) is 17.0 Å². The van der Waals surface area contributed by atoms with E-state index in [1.165, 1.54) is 6.33 Å². The number of aromatic nitrogens is 2. The monoisotopic (exact) mass is 257 g/mol. The average molecular weight is 258 g/mol. The average Bonchev–Trinajstić information content (AvgIpc) is 2.34. The molecule has 1 rings (SSSR count). The van der Waals surface area contributed by atoms with Gasteiger partial charge in [-0.15, -0.1) is 0 Å². The highest BCUT2D eigenvalue weighted by molar-refractivity contribution is 6.32. The fraction of sp³-hybridized carbons (Fsp3) is 0.545. The summed E-state index contributed by atoms with van der Waals surface area (Å²) in [7, 11) is 1.85. The number of hydrogen-bond donors (Lipinski definition) is 1. The molecular formula is C11H16ClN3O2. The van der Waals surface area contributed by atoms with E-state index in [9.17, 15) is 4.79 Å². The molecule has 5 nitrogen and oxygen atoms in total. The molecule has 0 atom stereocenters. The highest BCUT2D eigenvalue weighted by atomic mass is 35.5. The van der Waals surface area contributed by atoms with Gasteiger partial charge in [-0.2, -0.15) is 0 Å². The molecular weight excluding hydrogens is 242 g/mol. The van der Waals surface area contributed by atoms with Gasteiger partial charge in [0, 0.05) is 20.2 Å². The van der Waals surface area contributed by atoms with Gasteiger partial charge in [-0.05, 0) is 19.3 Å². The van der Waals surface area contributed by atoms with E-state index in [1.807, 2.05) is 11.9 Å². The zero-order valence-corrected chi connectivity index (χ0v) is 10.5. The summed E-state index contributed by atoms with van der Waals surface area (Å²) >= 11 is 5.82. The Morgan fingerprint density at radius 1 is 1.41 bits per heavy atom. The van der Waals surface area contributed by atoms with E-state index in [2.05, 4.69) is 9.97 Å². The molecule has 0 saturated carbocycles. The van der Waals surface area contributed by atoms with E-state index in [1.54, 1.807) is 0 Å². The Hall–Kier alpha value is -1.20. The van der Waals surface area contributed by atoms with E-state index >= 15 is 0 Å². The minimum absolute atomic E-state index is 0.173. The molecule has 0 aromatic carbocycles. The van der Waals surface area contributed by atoms with Gasteiger partial charge >= 0.3 is 0 Å². The largest absolute Gasteiger partial charge is 0.396 e. The second-order valence-corrected chi connectivity index (χ2v) is 4.08. The van der Waals surface area contributed by atoms with Crippen molar-refractivity contribution in [3.63, 3.8) is 0 Å². The van der Waals surface area contributed by atoms with Crippen LogP contribution in [0.15, 0.2) is 6.33 Å². The maximum atomic E-state index is 10.9. The van der Waals surface area contributed by atoms with Crippen molar-refractivity contribution in [3.8, 4) is 0 Å². The van der Waals surface area contributed by atoms with Crippen molar-refractivity contribution in [2.75, 3.05) is 25.1 Å². The number of aliphatic hydroxyl groups excluding tert-OH is 1. The Labute approximate surface area is 105 Å². The SMILES string of the molecule is CN(CCCCCO)c1ncnc(Cl)c1C=O. The van der Waals surface area contributed by atoms with Crippen molar-refractivity contribution in [2.24, 2.45) is 0 Å². The van der Waals surface area contributed by atoms with E-state index < -0.39 is 0 Å². The van der Waals surface area contributed by atoms with Gasteiger partial charge in [0.2, 0.25) is 0 Å². The first-order chi connectivity index (χ1) is 8.20. The van der Waals surface area contributed by atoms with Crippen molar-refractivity contribution >= 4 is 23.7 Å². The topological polar surface area (TPSA) is 66.3 Å². The van der Waals surface area contributed by atoms with Gasteiger partial charge in [-0.25, -0.2) is 9.97 Å². The number of carbonyl (C=O) groups is 1. The van der Waals surface area contributed by atoms with Crippen LogP contribution in [0.3, 0.4) is 0 Å². The van der Waals surface area contributed by atoms with Gasteiger partial charge in [0.05, 0.1) is 5.56 Å². The third kappa shape index (κ3) is 3.94. The summed E-state index contributed by atoms with van der Waals surface area (Å²) in [6, 6.07) is 0. The van der Waals surface area contributed by atoms with Crippen LogP contribution < -0.4 is 4.90 Å². The van der Waals surface area contributed by atoms with E-state index in [-0.39, 0.29) is 11.8 Å². The molecule has 6 heteroatoms. The molecule has 0 amide bonds. The summed E-state index contributed by atoms with van der Waals surface area (Å²) in [5.74, 6) is 0.545. The quantitative estimate of drug-likeness (QED) is 0.456. The molecule has 0 aliphatic rings. The molecule has 1 aromatic heterocycles. The third-order valence-electron chi connectivity index (χ3n) is 2.45. The summed E-state index contributed by atoms with van der Waals surface area (Å²) in [5, 5.41) is 8.84. The summed E-state index contributed by atoms with van der Waals surface area (Å²) in [5.41, 5.74) is 0.318. The van der Waals surface area contributed by atoms with Gasteiger partial charge in [0.1, 0.15) is 17.3 Å². The Kier molecular flexibility index (Phi) is 5.86. The molecule has 0 fully saturated rings. The number of unbranched alkanes of at least 4 members (excludes halogenated alkanes) is 2. The Balaban J connectivity index is 2.65. The predicted molar refractivity (Wildman–Crippen MR) is 66.6 cm³/mol. The molecule has 1 heterocycles. The van der Waals surface area contributed by atoms with Crippen LogP contribution >= 0.6 is 11.6 Å². The van der Waals surface area contributed by atoms with Crippen LogP contribution in [0.5, 0.6) is 0 Å². The fourth-order valence-corrected chi connectivity index (χ4v) is 1.69. The second kappa shape index (κ2) is 7.19. The lowest BCUT2D eigenvalue weighted by Crippen LogP contribution is -2.21. The zero-order chi connectivity index (χ0) is 12.7. The Morgan fingerprint density at radius 2 is 2.18 bits per heavy atom. The smallest absolute Gasteiger partial charge is 0.156 e. The standard InChI is InChI=1S/C11H16ClN3O2/c1-15(5-3-2-4-6-16)11-9(7-17)10(12)13-8-14-11/h7-8,16H,2-6H2,1H3. The summed E-state index contributed by atoms with van der Waals surface area (Å²) < 4.78 is 0. The van der Waals surface area contributed by atoms with Crippen LogP contribution in [0.4, 0.5) is 5.82 Å². The molecule has 1 aromatic rings. The van der Waals surface area contributed by atoms with Crippen LogP contribution in [0.25, 0.3) is 0 Å². The molecule has 0 bridgehead atoms. The maximum absolute atomic E-state index is 10.9. The van der Waals surface area contributed by atoms with Crippen molar-refractivity contribution in [1.82, 2.24) is 9.97 Å². The molecule has 0 unspecified atom stereocenters. The minimum Gasteiger partial charge on any atom is -0.396 e. The van der Waals surface area contributed by atoms with Crippen molar-refractivity contribution in [2.45, 2.75) is 19.3 Å². The van der Waals surface area contributed by atoms with Crippen LogP contribution in [-0.2, 0) is 0 Å². The van der Waals surface area contributed by atoms with Gasteiger partial charge < -0.3 is 10.0 Å². The fourth-order valence-electron chi connectivity index (χ4n) is 1.51. The molecule has 0 spiro atoms. The summed E-state index contributed by atoms with van der Waals surface area (Å²) in [6.45, 7) is 0.969. The van der Waals surface area contributed by atoms with Gasteiger partial charge in [0.25, 0.3) is 0 Å². The van der Waals surface area contributed by atoms with Gasteiger partial charge in [-0.3, -0.25) is 4.79 Å². The maximum Gasteiger partial charge on any atom is 0.156 e. The van der Waals surface area contributed by atoms with Gasteiger partial charge in [0.15, 0.2) is 6.29 Å². The number of rotatable bonds is 7. The summed E-state index contributed by atoms with van der Waals surface area (Å²) in [4.78, 5) is 20.6. The number of nitrogens with zero attached hydrogens (tertiary/aromatic N) is 3. The molecule has 1 N–H and O–H groups in total. The molecule has 17 heavy (non-hydrogen) atoms. The lowest BCUT2D eigenvalue weighted by Gasteiger charge is -2.19. The molecule has 0 radical (unpaired) electrons. The minimum atomic E-state index is 0.173. The molecule has 0 aliphatic carbocycles. The highest BCUT2D eigenvalue weighted by Gasteiger charge is 2.12. The van der Waals surface area contributed by atoms with E-state index in [0.29, 0.717) is 17.7 Å². The number of hydrogen-bond acceptors (Lipinski definition) is 5. The lowest BCUT2D eigenvalue weighted by molar-refractivity contribution is 0.112. The Morgan fingerprint density at radius 3 is 2.82 bits per heavy atom. The first-order valence-electron chi connectivity index (χ1n) is 5.48. The highest BCUT2D eigenvalue weighted by Crippen LogP contribution is 2.20. The van der Waals surface area contributed by atoms with Crippen LogP contribution in [0.1, 0.15) is 29.6 Å². The number of aldehydes is 1. The third-order valence-corrected chi connectivity index (χ3v) is 2.75. The van der Waals surface area contributed by atoms with Crippen LogP contribution in [0, 0.1) is 0 Å². The molecule has 0 aliphatic heterocycles. The second-order valence-electron chi connectivity index (χ2n) is 3.73. The number of anilines is 1. The van der Waals surface area contributed by atoms with Crippen LogP contribution in [-0.4, -0.2) is 41.6 Å². The first kappa shape index (κ1) is 13.9. The zero-order valence-electron chi connectivity index (χ0n) is 9.77. The molecule has 94 valence electrons. The van der Waals surface area contributed by atoms with Crippen LogP contribution in [0.2, 0.25) is 5.15 Å². The number of halogens is 1.